The van der Waals surface area contributed by atoms with Crippen LogP contribution in [0, 0.1) is 0 Å². The molecule has 2 aromatic carbocycles. The van der Waals surface area contributed by atoms with Gasteiger partial charge in [-0.1, -0.05) is 28.1 Å². The number of benzene rings is 2. The van der Waals surface area contributed by atoms with Gasteiger partial charge >= 0.3 is 0 Å². The van der Waals surface area contributed by atoms with E-state index in [1.807, 2.05) is 0 Å². The third kappa shape index (κ3) is 5.86. The summed E-state index contributed by atoms with van der Waals surface area (Å²) in [5.74, 6) is -0.446. The van der Waals surface area contributed by atoms with Crippen LogP contribution in [0.5, 0.6) is 17.2 Å². The highest BCUT2D eigenvalue weighted by Gasteiger charge is 2.19. The van der Waals surface area contributed by atoms with E-state index < -0.39 is 21.5 Å². The van der Waals surface area contributed by atoms with Gasteiger partial charge in [0.2, 0.25) is 11.7 Å². The predicted molar refractivity (Wildman–Crippen MR) is 106 cm³/mol. The molecule has 9 heteroatoms. The Morgan fingerprint density at radius 1 is 1.04 bits per heavy atom. The minimum Gasteiger partial charge on any atom is -0.493 e. The molecule has 0 atom stereocenters. The van der Waals surface area contributed by atoms with Crippen LogP contribution in [0.2, 0.25) is 0 Å². The van der Waals surface area contributed by atoms with Crippen molar-refractivity contribution >= 4 is 37.4 Å². The van der Waals surface area contributed by atoms with Gasteiger partial charge < -0.3 is 19.5 Å². The number of nitrogens with one attached hydrogen (secondary N) is 1. The van der Waals surface area contributed by atoms with Crippen molar-refractivity contribution in [3.63, 3.8) is 0 Å². The molecule has 0 aliphatic carbocycles. The Bertz CT molecular complexity index is 904. The number of hydrogen-bond donors (Lipinski definition) is 1. The highest BCUT2D eigenvalue weighted by molar-refractivity contribution is 9.10. The molecule has 7 nitrogen and oxygen atoms in total. The number of amides is 1. The number of hydrogen-bond acceptors (Lipinski definition) is 6. The summed E-state index contributed by atoms with van der Waals surface area (Å²) >= 11 is 3.30. The average Bonchev–Trinajstić information content (AvgIpc) is 2.59. The Morgan fingerprint density at radius 3 is 2.19 bits per heavy atom. The van der Waals surface area contributed by atoms with Gasteiger partial charge in [0, 0.05) is 22.3 Å². The summed E-state index contributed by atoms with van der Waals surface area (Å²) < 4.78 is 41.0. The van der Waals surface area contributed by atoms with Crippen LogP contribution in [0.15, 0.2) is 40.9 Å². The van der Waals surface area contributed by atoms with Crippen molar-refractivity contribution in [2.24, 2.45) is 0 Å². The molecule has 0 spiro atoms. The van der Waals surface area contributed by atoms with Crippen LogP contribution in [-0.4, -0.2) is 41.4 Å². The van der Waals surface area contributed by atoms with Gasteiger partial charge in [-0.05, 0) is 17.7 Å². The number of methoxy groups -OCH3 is 3. The topological polar surface area (TPSA) is 90.9 Å². The van der Waals surface area contributed by atoms with Crippen LogP contribution < -0.4 is 19.5 Å². The van der Waals surface area contributed by atoms with Crippen LogP contribution in [0.1, 0.15) is 5.56 Å². The molecule has 0 aliphatic rings. The number of anilines is 1. The largest absolute Gasteiger partial charge is 0.493 e. The van der Waals surface area contributed by atoms with E-state index in [9.17, 15) is 13.2 Å². The van der Waals surface area contributed by atoms with Gasteiger partial charge in [0.1, 0.15) is 5.75 Å². The minimum atomic E-state index is -3.63. The number of ether oxygens (including phenoxy) is 3. The highest BCUT2D eigenvalue weighted by atomic mass is 79.9. The molecular formula is C18H20BrNO6S. The highest BCUT2D eigenvalue weighted by Crippen LogP contribution is 2.39. The van der Waals surface area contributed by atoms with Gasteiger partial charge in [-0.15, -0.1) is 0 Å². The zero-order valence-corrected chi connectivity index (χ0v) is 17.5. The molecule has 0 aromatic heterocycles. The maximum atomic E-state index is 12.3. The van der Waals surface area contributed by atoms with E-state index in [2.05, 4.69) is 21.2 Å². The quantitative estimate of drug-likeness (QED) is 0.654. The van der Waals surface area contributed by atoms with E-state index >= 15 is 0 Å². The summed E-state index contributed by atoms with van der Waals surface area (Å²) in [5.41, 5.74) is 0.942. The second-order valence-corrected chi connectivity index (χ2v) is 8.60. The molecule has 0 aliphatic heterocycles. The van der Waals surface area contributed by atoms with Crippen LogP contribution in [0.4, 0.5) is 5.69 Å². The van der Waals surface area contributed by atoms with Gasteiger partial charge in [-0.25, -0.2) is 8.42 Å². The van der Waals surface area contributed by atoms with Gasteiger partial charge in [0.05, 0.1) is 27.1 Å². The molecule has 146 valence electrons. The molecule has 0 fully saturated rings. The zero-order valence-electron chi connectivity index (χ0n) is 15.1. The Morgan fingerprint density at radius 2 is 1.67 bits per heavy atom. The number of halogens is 1. The number of carbonyl (C=O) groups is 1. The molecular weight excluding hydrogens is 438 g/mol. The average molecular weight is 458 g/mol. The van der Waals surface area contributed by atoms with Gasteiger partial charge in [0.25, 0.3) is 0 Å². The van der Waals surface area contributed by atoms with Crippen LogP contribution >= 0.6 is 15.9 Å². The Labute approximate surface area is 166 Å². The van der Waals surface area contributed by atoms with Crippen molar-refractivity contribution in [3.8, 4) is 17.2 Å². The predicted octanol–water partition coefficient (Wildman–Crippen LogP) is 3.03. The second kappa shape index (κ2) is 9.09. The molecule has 27 heavy (non-hydrogen) atoms. The molecule has 0 bridgehead atoms. The summed E-state index contributed by atoms with van der Waals surface area (Å²) in [7, 11) is 0.730. The third-order valence-electron chi connectivity index (χ3n) is 3.58. The molecule has 2 aromatic rings. The fourth-order valence-corrected chi connectivity index (χ4v) is 4.19. The van der Waals surface area contributed by atoms with Crippen LogP contribution in [-0.2, 0) is 20.4 Å². The van der Waals surface area contributed by atoms with Gasteiger partial charge in [0.15, 0.2) is 21.3 Å². The Kier molecular flexibility index (Phi) is 7.09. The minimum absolute atomic E-state index is 0.227. The Hall–Kier alpha value is -2.26. The lowest BCUT2D eigenvalue weighted by atomic mass is 10.2. The van der Waals surface area contributed by atoms with Crippen molar-refractivity contribution in [2.45, 2.75) is 5.75 Å². The molecule has 0 radical (unpaired) electrons. The molecule has 0 unspecified atom stereocenters. The monoisotopic (exact) mass is 457 g/mol. The summed E-state index contributed by atoms with van der Waals surface area (Å²) in [6, 6.07) is 9.99. The fourth-order valence-electron chi connectivity index (χ4n) is 2.48. The first kappa shape index (κ1) is 21.0. The zero-order chi connectivity index (χ0) is 20.0. The smallest absolute Gasteiger partial charge is 0.239 e. The van der Waals surface area contributed by atoms with Gasteiger partial charge in [-0.2, -0.15) is 0 Å². The first-order valence-electron chi connectivity index (χ1n) is 7.82. The fraction of sp³-hybridized carbons (Fsp3) is 0.278. The first-order chi connectivity index (χ1) is 12.8. The van der Waals surface area contributed by atoms with Crippen molar-refractivity contribution in [1.29, 1.82) is 0 Å². The lowest BCUT2D eigenvalue weighted by Gasteiger charge is -2.14. The summed E-state index contributed by atoms with van der Waals surface area (Å²) in [4.78, 5) is 12.2. The third-order valence-corrected chi connectivity index (χ3v) is 5.54. The standard InChI is InChI=1S/C18H20BrNO6S/c1-24-15-8-14(9-16(25-2)18(15)26-3)20-17(21)11-27(22,23)10-12-5-4-6-13(19)7-12/h4-9H,10-11H2,1-3H3,(H,20,21). The van der Waals surface area contributed by atoms with Crippen LogP contribution in [0.25, 0.3) is 0 Å². The summed E-state index contributed by atoms with van der Waals surface area (Å²) in [6.45, 7) is 0. The van der Waals surface area contributed by atoms with Crippen molar-refractivity contribution in [1.82, 2.24) is 0 Å². The number of carbonyl (C=O) groups excluding carboxylic acids is 1. The van der Waals surface area contributed by atoms with E-state index in [0.29, 0.717) is 28.5 Å². The lowest BCUT2D eigenvalue weighted by Crippen LogP contribution is -2.24. The maximum Gasteiger partial charge on any atom is 0.239 e. The first-order valence-corrected chi connectivity index (χ1v) is 10.4. The van der Waals surface area contributed by atoms with E-state index in [1.165, 1.54) is 33.5 Å². The van der Waals surface area contributed by atoms with Crippen molar-refractivity contribution in [3.05, 3.63) is 46.4 Å². The van der Waals surface area contributed by atoms with E-state index in [4.69, 9.17) is 14.2 Å². The summed E-state index contributed by atoms with van der Waals surface area (Å²) in [5, 5.41) is 2.55. The SMILES string of the molecule is COc1cc(NC(=O)CS(=O)(=O)Cc2cccc(Br)c2)cc(OC)c1OC. The number of sulfone groups is 1. The van der Waals surface area contributed by atoms with E-state index in [0.717, 1.165) is 4.47 Å². The van der Waals surface area contributed by atoms with E-state index in [1.54, 1.807) is 24.3 Å². The molecule has 0 saturated heterocycles. The molecule has 1 N–H and O–H groups in total. The van der Waals surface area contributed by atoms with Crippen LogP contribution in [0.3, 0.4) is 0 Å². The molecule has 1 amide bonds. The normalized spacial score (nSPS) is 11.0. The van der Waals surface area contributed by atoms with E-state index in [-0.39, 0.29) is 5.75 Å². The van der Waals surface area contributed by atoms with Crippen molar-refractivity contribution in [2.75, 3.05) is 32.4 Å². The Balaban J connectivity index is 2.12. The molecule has 0 heterocycles. The maximum absolute atomic E-state index is 12.3. The van der Waals surface area contributed by atoms with Gasteiger partial charge in [-0.3, -0.25) is 4.79 Å². The number of rotatable bonds is 8. The van der Waals surface area contributed by atoms with Crippen molar-refractivity contribution < 1.29 is 27.4 Å². The second-order valence-electron chi connectivity index (χ2n) is 5.62. The summed E-state index contributed by atoms with van der Waals surface area (Å²) in [6.07, 6.45) is 0. The molecule has 0 saturated carbocycles. The molecule has 2 rings (SSSR count). The lowest BCUT2D eigenvalue weighted by molar-refractivity contribution is -0.113.